The van der Waals surface area contributed by atoms with Crippen molar-refractivity contribution in [2.75, 3.05) is 34.8 Å². The largest absolute Gasteiger partial charge is 0.452 e. The minimum Gasteiger partial charge on any atom is -0.452 e. The number of nitrogens with one attached hydrogen (secondary N) is 1. The van der Waals surface area contributed by atoms with Crippen molar-refractivity contribution in [3.05, 3.63) is 54.1 Å². The highest BCUT2D eigenvalue weighted by Gasteiger charge is 2.28. The molecule has 28 heavy (non-hydrogen) atoms. The van der Waals surface area contributed by atoms with Crippen LogP contribution in [0.25, 0.3) is 0 Å². The quantitative estimate of drug-likeness (QED) is 0.571. The standard InChI is InChI=1S/C19H20N2O5S2/c1-27-17-5-2-4-15(12-17)20-18(22)13-26-19(23)14-6-8-16(9-7-14)21-10-3-11-28(21,24)25/h2,4-9,12H,3,10-11,13H2,1H3,(H,20,22). The van der Waals surface area contributed by atoms with Gasteiger partial charge in [0.2, 0.25) is 10.0 Å². The Morgan fingerprint density at radius 2 is 1.93 bits per heavy atom. The van der Waals surface area contributed by atoms with E-state index in [4.69, 9.17) is 4.74 Å². The Hall–Kier alpha value is -2.52. The van der Waals surface area contributed by atoms with Gasteiger partial charge < -0.3 is 10.1 Å². The lowest BCUT2D eigenvalue weighted by atomic mass is 10.2. The van der Waals surface area contributed by atoms with Crippen molar-refractivity contribution < 1.29 is 22.7 Å². The minimum atomic E-state index is -3.27. The van der Waals surface area contributed by atoms with Crippen LogP contribution in [0.4, 0.5) is 11.4 Å². The van der Waals surface area contributed by atoms with E-state index in [1.54, 1.807) is 30.0 Å². The molecule has 7 nitrogen and oxygen atoms in total. The average molecular weight is 421 g/mol. The van der Waals surface area contributed by atoms with Gasteiger partial charge in [-0.15, -0.1) is 11.8 Å². The fourth-order valence-corrected chi connectivity index (χ4v) is 4.83. The predicted molar refractivity (Wildman–Crippen MR) is 109 cm³/mol. The number of amides is 1. The summed E-state index contributed by atoms with van der Waals surface area (Å²) in [6, 6.07) is 13.4. The monoisotopic (exact) mass is 420 g/mol. The van der Waals surface area contributed by atoms with Crippen molar-refractivity contribution >= 4 is 45.0 Å². The van der Waals surface area contributed by atoms with Crippen LogP contribution in [0.15, 0.2) is 53.4 Å². The molecule has 0 atom stereocenters. The first kappa shape index (κ1) is 20.2. The molecule has 0 spiro atoms. The fourth-order valence-electron chi connectivity index (χ4n) is 2.81. The number of thioether (sulfide) groups is 1. The number of anilines is 2. The molecule has 148 valence electrons. The topological polar surface area (TPSA) is 92.8 Å². The second kappa shape index (κ2) is 8.66. The summed E-state index contributed by atoms with van der Waals surface area (Å²) >= 11 is 1.56. The number of esters is 1. The molecule has 0 saturated carbocycles. The van der Waals surface area contributed by atoms with E-state index in [2.05, 4.69) is 5.32 Å². The van der Waals surface area contributed by atoms with Gasteiger partial charge in [0, 0.05) is 17.1 Å². The molecule has 1 fully saturated rings. The molecule has 3 rings (SSSR count). The lowest BCUT2D eigenvalue weighted by Crippen LogP contribution is -2.25. The summed E-state index contributed by atoms with van der Waals surface area (Å²) in [5.74, 6) is -0.957. The summed E-state index contributed by atoms with van der Waals surface area (Å²) in [4.78, 5) is 25.1. The number of carbonyl (C=O) groups excluding carboxylic acids is 2. The van der Waals surface area contributed by atoms with Gasteiger partial charge in [-0.2, -0.15) is 0 Å². The van der Waals surface area contributed by atoms with Gasteiger partial charge in [-0.25, -0.2) is 13.2 Å². The molecule has 9 heteroatoms. The molecular weight excluding hydrogens is 400 g/mol. The van der Waals surface area contributed by atoms with E-state index in [-0.39, 0.29) is 11.3 Å². The summed E-state index contributed by atoms with van der Waals surface area (Å²) in [5, 5.41) is 2.68. The zero-order valence-corrected chi connectivity index (χ0v) is 16.9. The summed E-state index contributed by atoms with van der Waals surface area (Å²) < 4.78 is 30.2. The number of sulfonamides is 1. The van der Waals surface area contributed by atoms with Gasteiger partial charge in [-0.3, -0.25) is 9.10 Å². The third-order valence-electron chi connectivity index (χ3n) is 4.18. The van der Waals surface area contributed by atoms with E-state index >= 15 is 0 Å². The van der Waals surface area contributed by atoms with Gasteiger partial charge in [0.15, 0.2) is 6.61 Å². The van der Waals surface area contributed by atoms with Crippen molar-refractivity contribution in [1.82, 2.24) is 0 Å². The van der Waals surface area contributed by atoms with Crippen LogP contribution in [0.5, 0.6) is 0 Å². The number of carbonyl (C=O) groups is 2. The Bertz CT molecular complexity index is 974. The van der Waals surface area contributed by atoms with E-state index in [0.29, 0.717) is 24.3 Å². The number of nitrogens with zero attached hydrogens (tertiary/aromatic N) is 1. The molecule has 1 aliphatic rings. The van der Waals surface area contributed by atoms with Crippen LogP contribution in [0.1, 0.15) is 16.8 Å². The molecule has 1 heterocycles. The molecule has 2 aromatic carbocycles. The van der Waals surface area contributed by atoms with Crippen LogP contribution in [0, 0.1) is 0 Å². The van der Waals surface area contributed by atoms with Crippen molar-refractivity contribution in [2.24, 2.45) is 0 Å². The predicted octanol–water partition coefficient (Wildman–Crippen LogP) is 2.74. The van der Waals surface area contributed by atoms with Crippen LogP contribution in [0.3, 0.4) is 0 Å². The summed E-state index contributed by atoms with van der Waals surface area (Å²) in [7, 11) is -3.27. The maximum atomic E-state index is 12.1. The van der Waals surface area contributed by atoms with Gasteiger partial charge >= 0.3 is 5.97 Å². The van der Waals surface area contributed by atoms with Crippen LogP contribution < -0.4 is 9.62 Å². The number of ether oxygens (including phenoxy) is 1. The fraction of sp³-hybridized carbons (Fsp3) is 0.263. The zero-order valence-electron chi connectivity index (χ0n) is 15.3. The molecule has 1 aliphatic heterocycles. The number of hydrogen-bond acceptors (Lipinski definition) is 6. The number of rotatable bonds is 6. The van der Waals surface area contributed by atoms with E-state index in [9.17, 15) is 18.0 Å². The molecule has 0 radical (unpaired) electrons. The van der Waals surface area contributed by atoms with Gasteiger partial charge in [-0.1, -0.05) is 6.07 Å². The van der Waals surface area contributed by atoms with Crippen molar-refractivity contribution in [3.8, 4) is 0 Å². The Morgan fingerprint density at radius 3 is 2.57 bits per heavy atom. The van der Waals surface area contributed by atoms with E-state index < -0.39 is 28.5 Å². The molecule has 0 aromatic heterocycles. The SMILES string of the molecule is CSc1cccc(NC(=O)COC(=O)c2ccc(N3CCCS3(=O)=O)cc2)c1. The molecule has 1 saturated heterocycles. The third-order valence-corrected chi connectivity index (χ3v) is 6.77. The van der Waals surface area contributed by atoms with Crippen LogP contribution in [-0.2, 0) is 19.6 Å². The van der Waals surface area contributed by atoms with Crippen molar-refractivity contribution in [1.29, 1.82) is 0 Å². The third kappa shape index (κ3) is 4.85. The summed E-state index contributed by atoms with van der Waals surface area (Å²) in [6.07, 6.45) is 2.52. The Labute approximate surface area is 168 Å². The van der Waals surface area contributed by atoms with E-state index in [1.165, 1.54) is 16.4 Å². The number of hydrogen-bond donors (Lipinski definition) is 1. The Kier molecular flexibility index (Phi) is 6.25. The Morgan fingerprint density at radius 1 is 1.18 bits per heavy atom. The van der Waals surface area contributed by atoms with Gasteiger partial charge in [-0.05, 0) is 55.1 Å². The maximum absolute atomic E-state index is 12.1. The highest BCUT2D eigenvalue weighted by Crippen LogP contribution is 2.24. The van der Waals surface area contributed by atoms with Gasteiger partial charge in [0.1, 0.15) is 0 Å². The lowest BCUT2D eigenvalue weighted by molar-refractivity contribution is -0.119. The first-order valence-electron chi connectivity index (χ1n) is 8.60. The van der Waals surface area contributed by atoms with Crippen molar-refractivity contribution in [3.63, 3.8) is 0 Å². The van der Waals surface area contributed by atoms with Crippen molar-refractivity contribution in [2.45, 2.75) is 11.3 Å². The normalized spacial score (nSPS) is 15.2. The maximum Gasteiger partial charge on any atom is 0.338 e. The highest BCUT2D eigenvalue weighted by atomic mass is 32.2. The first-order chi connectivity index (χ1) is 13.4. The van der Waals surface area contributed by atoms with Crippen LogP contribution in [-0.4, -0.2) is 45.5 Å². The van der Waals surface area contributed by atoms with Crippen LogP contribution >= 0.6 is 11.8 Å². The second-order valence-electron chi connectivity index (χ2n) is 6.14. The molecule has 1 N–H and O–H groups in total. The van der Waals surface area contributed by atoms with Gasteiger partial charge in [0.05, 0.1) is 17.0 Å². The van der Waals surface area contributed by atoms with E-state index in [0.717, 1.165) is 4.90 Å². The molecule has 0 bridgehead atoms. The minimum absolute atomic E-state index is 0.131. The van der Waals surface area contributed by atoms with Crippen LogP contribution in [0.2, 0.25) is 0 Å². The molecule has 0 aliphatic carbocycles. The smallest absolute Gasteiger partial charge is 0.338 e. The van der Waals surface area contributed by atoms with E-state index in [1.807, 2.05) is 24.5 Å². The summed E-state index contributed by atoms with van der Waals surface area (Å²) in [5.41, 5.74) is 1.39. The highest BCUT2D eigenvalue weighted by molar-refractivity contribution is 7.98. The Balaban J connectivity index is 1.55. The molecule has 1 amide bonds. The molecular formula is C19H20N2O5S2. The molecule has 2 aromatic rings. The molecule has 0 unspecified atom stereocenters. The zero-order chi connectivity index (χ0) is 20.1. The summed E-state index contributed by atoms with van der Waals surface area (Å²) in [6.45, 7) is 0.0224. The average Bonchev–Trinajstić information content (AvgIpc) is 3.05. The second-order valence-corrected chi connectivity index (χ2v) is 9.04. The number of benzene rings is 2. The van der Waals surface area contributed by atoms with Gasteiger partial charge in [0.25, 0.3) is 5.91 Å². The first-order valence-corrected chi connectivity index (χ1v) is 11.4. The lowest BCUT2D eigenvalue weighted by Gasteiger charge is -2.16.